The summed E-state index contributed by atoms with van der Waals surface area (Å²) in [5, 5.41) is 3.32. The quantitative estimate of drug-likeness (QED) is 0.885. The second-order valence-corrected chi connectivity index (χ2v) is 4.91. The lowest BCUT2D eigenvalue weighted by Gasteiger charge is -2.26. The Morgan fingerprint density at radius 2 is 1.53 bits per heavy atom. The van der Waals surface area contributed by atoms with Gasteiger partial charge < -0.3 is 10.2 Å². The van der Waals surface area contributed by atoms with Gasteiger partial charge in [-0.1, -0.05) is 36.4 Å². The van der Waals surface area contributed by atoms with Gasteiger partial charge in [-0.25, -0.2) is 0 Å². The van der Waals surface area contributed by atoms with E-state index in [0.29, 0.717) is 6.04 Å². The molecular weight excluding hydrogens is 232 g/mol. The van der Waals surface area contributed by atoms with Gasteiger partial charge in [0.25, 0.3) is 0 Å². The molecule has 0 saturated heterocycles. The van der Waals surface area contributed by atoms with E-state index in [-0.39, 0.29) is 0 Å². The van der Waals surface area contributed by atoms with Crippen LogP contribution in [-0.2, 0) is 0 Å². The van der Waals surface area contributed by atoms with Crippen LogP contribution in [0.2, 0.25) is 0 Å². The first kappa shape index (κ1) is 13.6. The van der Waals surface area contributed by atoms with Gasteiger partial charge in [-0.2, -0.15) is 0 Å². The molecule has 0 bridgehead atoms. The monoisotopic (exact) mass is 254 g/mol. The van der Waals surface area contributed by atoms with Gasteiger partial charge in [-0.05, 0) is 44.2 Å². The van der Waals surface area contributed by atoms with Crippen molar-refractivity contribution < 1.29 is 0 Å². The molecule has 0 heterocycles. The van der Waals surface area contributed by atoms with E-state index in [1.54, 1.807) is 0 Å². The molecule has 2 aromatic carbocycles. The molecule has 0 radical (unpaired) electrons. The first-order valence-electron chi connectivity index (χ1n) is 6.70. The van der Waals surface area contributed by atoms with Crippen LogP contribution in [0.3, 0.4) is 0 Å². The van der Waals surface area contributed by atoms with Crippen LogP contribution < -0.4 is 10.2 Å². The lowest BCUT2D eigenvalue weighted by Crippen LogP contribution is -2.18. The molecule has 0 spiro atoms. The summed E-state index contributed by atoms with van der Waals surface area (Å²) >= 11 is 0. The maximum atomic E-state index is 3.32. The Balaban J connectivity index is 2.45. The topological polar surface area (TPSA) is 15.3 Å². The van der Waals surface area contributed by atoms with Crippen molar-refractivity contribution in [2.75, 3.05) is 19.0 Å². The second kappa shape index (κ2) is 5.89. The Hall–Kier alpha value is -1.80. The standard InChI is InChI=1S/C17H22N2/c1-13-9-5-7-11-16(13)19(4)17-12-8-6-10-15(17)14(2)18-3/h5-12,14,18H,1-4H3. The van der Waals surface area contributed by atoms with Crippen molar-refractivity contribution in [3.8, 4) is 0 Å². The number of benzene rings is 2. The van der Waals surface area contributed by atoms with E-state index < -0.39 is 0 Å². The van der Waals surface area contributed by atoms with E-state index in [4.69, 9.17) is 0 Å². The van der Waals surface area contributed by atoms with E-state index >= 15 is 0 Å². The highest BCUT2D eigenvalue weighted by atomic mass is 15.1. The normalized spacial score (nSPS) is 12.2. The Morgan fingerprint density at radius 1 is 0.947 bits per heavy atom. The highest BCUT2D eigenvalue weighted by Crippen LogP contribution is 2.32. The van der Waals surface area contributed by atoms with E-state index in [2.05, 4.69) is 79.6 Å². The van der Waals surface area contributed by atoms with Gasteiger partial charge in [0.15, 0.2) is 0 Å². The number of hydrogen-bond acceptors (Lipinski definition) is 2. The maximum Gasteiger partial charge on any atom is 0.0456 e. The van der Waals surface area contributed by atoms with Gasteiger partial charge in [0.2, 0.25) is 0 Å². The van der Waals surface area contributed by atoms with Gasteiger partial charge in [0.1, 0.15) is 0 Å². The van der Waals surface area contributed by atoms with Crippen LogP contribution in [0.5, 0.6) is 0 Å². The van der Waals surface area contributed by atoms with Crippen LogP contribution in [0, 0.1) is 6.92 Å². The third-order valence-corrected chi connectivity index (χ3v) is 3.67. The number of anilines is 2. The van der Waals surface area contributed by atoms with E-state index in [1.807, 2.05) is 7.05 Å². The molecule has 0 aromatic heterocycles. The molecular formula is C17H22N2. The summed E-state index contributed by atoms with van der Waals surface area (Å²) in [7, 11) is 4.12. The minimum Gasteiger partial charge on any atom is -0.344 e. The molecule has 1 atom stereocenters. The first-order chi connectivity index (χ1) is 9.15. The minimum atomic E-state index is 0.336. The molecule has 2 aromatic rings. The number of nitrogens with one attached hydrogen (secondary N) is 1. The van der Waals surface area contributed by atoms with Crippen LogP contribution in [0.15, 0.2) is 48.5 Å². The number of aryl methyl sites for hydroxylation is 1. The molecule has 0 aliphatic rings. The van der Waals surface area contributed by atoms with E-state index in [9.17, 15) is 0 Å². The zero-order chi connectivity index (χ0) is 13.8. The largest absolute Gasteiger partial charge is 0.344 e. The van der Waals surface area contributed by atoms with Crippen molar-refractivity contribution >= 4 is 11.4 Å². The third kappa shape index (κ3) is 2.79. The van der Waals surface area contributed by atoms with Gasteiger partial charge in [-0.3, -0.25) is 0 Å². The minimum absolute atomic E-state index is 0.336. The predicted molar refractivity (Wildman–Crippen MR) is 83.2 cm³/mol. The van der Waals surface area contributed by atoms with Crippen molar-refractivity contribution in [2.45, 2.75) is 19.9 Å². The van der Waals surface area contributed by atoms with Gasteiger partial charge >= 0.3 is 0 Å². The highest BCUT2D eigenvalue weighted by Gasteiger charge is 2.13. The van der Waals surface area contributed by atoms with Crippen LogP contribution in [0.25, 0.3) is 0 Å². The van der Waals surface area contributed by atoms with Crippen LogP contribution in [-0.4, -0.2) is 14.1 Å². The summed E-state index contributed by atoms with van der Waals surface area (Å²) in [5.41, 5.74) is 5.10. The van der Waals surface area contributed by atoms with Gasteiger partial charge in [-0.15, -0.1) is 0 Å². The highest BCUT2D eigenvalue weighted by molar-refractivity contribution is 5.68. The number of rotatable bonds is 4. The second-order valence-electron chi connectivity index (χ2n) is 4.91. The Morgan fingerprint density at radius 3 is 2.16 bits per heavy atom. The van der Waals surface area contributed by atoms with E-state index in [0.717, 1.165) is 0 Å². The summed E-state index contributed by atoms with van der Waals surface area (Å²) in [5.74, 6) is 0. The van der Waals surface area contributed by atoms with Crippen molar-refractivity contribution in [2.24, 2.45) is 0 Å². The molecule has 1 unspecified atom stereocenters. The third-order valence-electron chi connectivity index (χ3n) is 3.67. The smallest absolute Gasteiger partial charge is 0.0456 e. The van der Waals surface area contributed by atoms with Crippen LogP contribution >= 0.6 is 0 Å². The predicted octanol–water partition coefficient (Wildman–Crippen LogP) is 4.04. The fraction of sp³-hybridized carbons (Fsp3) is 0.294. The molecule has 2 rings (SSSR count). The molecule has 0 aliphatic carbocycles. The van der Waals surface area contributed by atoms with Crippen molar-refractivity contribution in [1.29, 1.82) is 0 Å². The average molecular weight is 254 g/mol. The Labute approximate surface area is 116 Å². The molecule has 2 nitrogen and oxygen atoms in total. The number of para-hydroxylation sites is 2. The lowest BCUT2D eigenvalue weighted by molar-refractivity contribution is 0.652. The summed E-state index contributed by atoms with van der Waals surface area (Å²) < 4.78 is 0. The maximum absolute atomic E-state index is 3.32. The summed E-state index contributed by atoms with van der Waals surface area (Å²) in [6.45, 7) is 4.33. The Kier molecular flexibility index (Phi) is 4.23. The number of hydrogen-bond donors (Lipinski definition) is 1. The fourth-order valence-corrected chi connectivity index (χ4v) is 2.38. The van der Waals surface area contributed by atoms with Crippen molar-refractivity contribution in [3.63, 3.8) is 0 Å². The van der Waals surface area contributed by atoms with Crippen molar-refractivity contribution in [3.05, 3.63) is 59.7 Å². The van der Waals surface area contributed by atoms with Crippen LogP contribution in [0.1, 0.15) is 24.1 Å². The SMILES string of the molecule is CNC(C)c1ccccc1N(C)c1ccccc1C. The molecule has 100 valence electrons. The molecule has 0 amide bonds. The fourth-order valence-electron chi connectivity index (χ4n) is 2.38. The summed E-state index contributed by atoms with van der Waals surface area (Å²) in [4.78, 5) is 2.26. The zero-order valence-corrected chi connectivity index (χ0v) is 12.1. The Bertz CT molecular complexity index is 548. The molecule has 0 fully saturated rings. The van der Waals surface area contributed by atoms with Gasteiger partial charge in [0.05, 0.1) is 0 Å². The summed E-state index contributed by atoms with van der Waals surface area (Å²) in [6.07, 6.45) is 0. The van der Waals surface area contributed by atoms with E-state index in [1.165, 1.54) is 22.5 Å². The summed E-state index contributed by atoms with van der Waals surface area (Å²) in [6, 6.07) is 17.4. The van der Waals surface area contributed by atoms with Crippen molar-refractivity contribution in [1.82, 2.24) is 5.32 Å². The molecule has 0 aliphatic heterocycles. The average Bonchev–Trinajstić information content (AvgIpc) is 2.46. The number of nitrogens with zero attached hydrogens (tertiary/aromatic N) is 1. The molecule has 19 heavy (non-hydrogen) atoms. The van der Waals surface area contributed by atoms with Crippen LogP contribution in [0.4, 0.5) is 11.4 Å². The first-order valence-corrected chi connectivity index (χ1v) is 6.70. The zero-order valence-electron chi connectivity index (χ0n) is 12.1. The molecule has 1 N–H and O–H groups in total. The molecule has 0 saturated carbocycles. The lowest BCUT2D eigenvalue weighted by atomic mass is 10.0. The molecule has 2 heteroatoms. The van der Waals surface area contributed by atoms with Gasteiger partial charge in [0, 0.05) is 24.5 Å².